The highest BCUT2D eigenvalue weighted by Crippen LogP contribution is 2.36. The van der Waals surface area contributed by atoms with Gasteiger partial charge in [-0.25, -0.2) is 9.78 Å². The molecular formula is C19H19F3N2O5S. The minimum absolute atomic E-state index is 0.0932. The van der Waals surface area contributed by atoms with Crippen molar-refractivity contribution in [3.63, 3.8) is 0 Å². The van der Waals surface area contributed by atoms with E-state index in [9.17, 15) is 22.8 Å². The highest BCUT2D eigenvalue weighted by atomic mass is 32.1. The maximum absolute atomic E-state index is 13.1. The van der Waals surface area contributed by atoms with Crippen LogP contribution in [0.15, 0.2) is 24.3 Å². The Labute approximate surface area is 174 Å². The van der Waals surface area contributed by atoms with Crippen LogP contribution in [0.25, 0.3) is 6.08 Å². The maximum atomic E-state index is 13.1. The minimum atomic E-state index is -4.86. The third kappa shape index (κ3) is 5.96. The van der Waals surface area contributed by atoms with Crippen molar-refractivity contribution in [1.29, 1.82) is 0 Å². The zero-order valence-corrected chi connectivity index (χ0v) is 17.1. The highest BCUT2D eigenvalue weighted by molar-refractivity contribution is 7.17. The number of ether oxygens (including phenoxy) is 3. The van der Waals surface area contributed by atoms with Crippen LogP contribution in [-0.2, 0) is 15.7 Å². The number of nitrogens with zero attached hydrogens (tertiary/aromatic N) is 1. The molecule has 1 heterocycles. The monoisotopic (exact) mass is 444 g/mol. The predicted molar refractivity (Wildman–Crippen MR) is 105 cm³/mol. The number of alkyl halides is 3. The second-order valence-corrected chi connectivity index (χ2v) is 6.58. The predicted octanol–water partition coefficient (Wildman–Crippen LogP) is 4.40. The van der Waals surface area contributed by atoms with Crippen LogP contribution < -0.4 is 14.8 Å². The smallest absolute Gasteiger partial charge is 0.435 e. The van der Waals surface area contributed by atoms with Crippen LogP contribution in [0.3, 0.4) is 0 Å². The van der Waals surface area contributed by atoms with Crippen molar-refractivity contribution >= 4 is 34.4 Å². The van der Waals surface area contributed by atoms with E-state index in [1.165, 1.54) is 20.1 Å². The van der Waals surface area contributed by atoms with Gasteiger partial charge in [0.2, 0.25) is 5.91 Å². The summed E-state index contributed by atoms with van der Waals surface area (Å²) in [6, 6.07) is 4.99. The highest BCUT2D eigenvalue weighted by Gasteiger charge is 2.40. The standard InChI is InChI=1S/C19H19F3N2O5S/c1-4-28-12-8-6-11(10-13(12)27-3)7-9-14(25)23-18-24-16(19(20,21)22)15(30-18)17(26)29-5-2/h6-10H,4-5H2,1-3H3,(H,23,24,25)/b9-7+. The molecule has 0 aliphatic rings. The summed E-state index contributed by atoms with van der Waals surface area (Å²) < 4.78 is 54.6. The molecule has 0 saturated heterocycles. The number of carbonyl (C=O) groups is 2. The topological polar surface area (TPSA) is 86.8 Å². The Morgan fingerprint density at radius 1 is 1.20 bits per heavy atom. The summed E-state index contributed by atoms with van der Waals surface area (Å²) in [4.78, 5) is 26.5. The van der Waals surface area contributed by atoms with E-state index in [1.54, 1.807) is 18.2 Å². The summed E-state index contributed by atoms with van der Waals surface area (Å²) in [6.07, 6.45) is -2.30. The number of methoxy groups -OCH3 is 1. The number of esters is 1. The van der Waals surface area contributed by atoms with Gasteiger partial charge in [-0.15, -0.1) is 0 Å². The Kier molecular flexibility index (Phi) is 7.81. The minimum Gasteiger partial charge on any atom is -0.493 e. The molecule has 2 aromatic rings. The average Bonchev–Trinajstić information content (AvgIpc) is 3.12. The number of rotatable bonds is 8. The van der Waals surface area contributed by atoms with E-state index in [4.69, 9.17) is 9.47 Å². The molecule has 0 aliphatic heterocycles. The molecule has 7 nitrogen and oxygen atoms in total. The SMILES string of the molecule is CCOC(=O)c1sc(NC(=O)/C=C/c2ccc(OCC)c(OC)c2)nc1C(F)(F)F. The largest absolute Gasteiger partial charge is 0.493 e. The van der Waals surface area contributed by atoms with Gasteiger partial charge >= 0.3 is 12.1 Å². The van der Waals surface area contributed by atoms with Crippen molar-refractivity contribution in [3.05, 3.63) is 40.4 Å². The lowest BCUT2D eigenvalue weighted by atomic mass is 10.2. The van der Waals surface area contributed by atoms with Crippen molar-refractivity contribution in [2.45, 2.75) is 20.0 Å². The van der Waals surface area contributed by atoms with Crippen LogP contribution in [0, 0.1) is 0 Å². The number of nitrogens with one attached hydrogen (secondary N) is 1. The quantitative estimate of drug-likeness (QED) is 0.480. The number of benzene rings is 1. The first-order valence-electron chi connectivity index (χ1n) is 8.74. The Bertz CT molecular complexity index is 941. The number of amides is 1. The van der Waals surface area contributed by atoms with E-state index in [0.717, 1.165) is 6.08 Å². The van der Waals surface area contributed by atoms with Gasteiger partial charge in [-0.2, -0.15) is 13.2 Å². The van der Waals surface area contributed by atoms with Gasteiger partial charge in [0, 0.05) is 6.08 Å². The van der Waals surface area contributed by atoms with E-state index in [1.807, 2.05) is 6.92 Å². The van der Waals surface area contributed by atoms with Crippen molar-refractivity contribution < 1.29 is 37.0 Å². The second-order valence-electron chi connectivity index (χ2n) is 5.58. The summed E-state index contributed by atoms with van der Waals surface area (Å²) in [6.45, 7) is 3.66. The van der Waals surface area contributed by atoms with Crippen molar-refractivity contribution in [1.82, 2.24) is 4.98 Å². The van der Waals surface area contributed by atoms with E-state index in [0.29, 0.717) is 35.0 Å². The molecule has 2 rings (SSSR count). The third-order valence-electron chi connectivity index (χ3n) is 3.50. The summed E-state index contributed by atoms with van der Waals surface area (Å²) in [5.41, 5.74) is -0.797. The molecule has 0 radical (unpaired) electrons. The molecule has 0 saturated carbocycles. The summed E-state index contributed by atoms with van der Waals surface area (Å²) in [5, 5.41) is 1.85. The molecule has 1 aromatic carbocycles. The lowest BCUT2D eigenvalue weighted by Gasteiger charge is -2.09. The fourth-order valence-electron chi connectivity index (χ4n) is 2.28. The molecule has 0 bridgehead atoms. The van der Waals surface area contributed by atoms with Crippen LogP contribution in [0.1, 0.15) is 34.8 Å². The number of carbonyl (C=O) groups excluding carboxylic acids is 2. The van der Waals surface area contributed by atoms with E-state index in [2.05, 4.69) is 15.0 Å². The van der Waals surface area contributed by atoms with Gasteiger partial charge in [-0.3, -0.25) is 10.1 Å². The fourth-order valence-corrected chi connectivity index (χ4v) is 3.16. The third-order valence-corrected chi connectivity index (χ3v) is 4.45. The normalized spacial score (nSPS) is 11.4. The van der Waals surface area contributed by atoms with E-state index in [-0.39, 0.29) is 11.7 Å². The number of hydrogen-bond donors (Lipinski definition) is 1. The number of hydrogen-bond acceptors (Lipinski definition) is 7. The Hall–Kier alpha value is -3.08. The molecule has 0 spiro atoms. The lowest BCUT2D eigenvalue weighted by Crippen LogP contribution is -2.14. The molecule has 0 fully saturated rings. The molecule has 11 heteroatoms. The number of aromatic nitrogens is 1. The van der Waals surface area contributed by atoms with E-state index < -0.39 is 28.6 Å². The first-order valence-corrected chi connectivity index (χ1v) is 9.56. The van der Waals surface area contributed by atoms with Crippen molar-refractivity contribution in [2.75, 3.05) is 25.6 Å². The van der Waals surface area contributed by atoms with Gasteiger partial charge < -0.3 is 14.2 Å². The zero-order valence-electron chi connectivity index (χ0n) is 16.3. The molecule has 30 heavy (non-hydrogen) atoms. The summed E-state index contributed by atoms with van der Waals surface area (Å²) >= 11 is 0.390. The van der Waals surface area contributed by atoms with Crippen molar-refractivity contribution in [2.24, 2.45) is 0 Å². The zero-order chi connectivity index (χ0) is 22.3. The van der Waals surface area contributed by atoms with Gasteiger partial charge in [0.05, 0.1) is 20.3 Å². The van der Waals surface area contributed by atoms with Crippen LogP contribution >= 0.6 is 11.3 Å². The molecule has 0 aliphatic carbocycles. The molecule has 1 N–H and O–H groups in total. The maximum Gasteiger partial charge on any atom is 0.435 e. The second kappa shape index (κ2) is 10.1. The average molecular weight is 444 g/mol. The summed E-state index contributed by atoms with van der Waals surface area (Å²) in [5.74, 6) is -0.871. The van der Waals surface area contributed by atoms with Gasteiger partial charge in [0.15, 0.2) is 22.3 Å². The molecule has 0 unspecified atom stereocenters. The van der Waals surface area contributed by atoms with Crippen LogP contribution in [0.5, 0.6) is 11.5 Å². The molecule has 0 atom stereocenters. The lowest BCUT2D eigenvalue weighted by molar-refractivity contribution is -0.141. The molecular weight excluding hydrogens is 425 g/mol. The first kappa shape index (κ1) is 23.2. The van der Waals surface area contributed by atoms with Crippen molar-refractivity contribution in [3.8, 4) is 11.5 Å². The molecule has 1 amide bonds. The number of halogens is 3. The number of thiazole rings is 1. The fraction of sp³-hybridized carbons (Fsp3) is 0.316. The van der Waals surface area contributed by atoms with Crippen LogP contribution in [0.4, 0.5) is 18.3 Å². The Morgan fingerprint density at radius 2 is 1.93 bits per heavy atom. The van der Waals surface area contributed by atoms with Crippen LogP contribution in [0.2, 0.25) is 0 Å². The van der Waals surface area contributed by atoms with Gasteiger partial charge in [-0.1, -0.05) is 17.4 Å². The Morgan fingerprint density at radius 3 is 2.53 bits per heavy atom. The van der Waals surface area contributed by atoms with Gasteiger partial charge in [0.1, 0.15) is 4.88 Å². The number of anilines is 1. The summed E-state index contributed by atoms with van der Waals surface area (Å²) in [7, 11) is 1.47. The Balaban J connectivity index is 2.17. The van der Waals surface area contributed by atoms with E-state index >= 15 is 0 Å². The molecule has 1 aromatic heterocycles. The first-order chi connectivity index (χ1) is 14.2. The van der Waals surface area contributed by atoms with Crippen LogP contribution in [-0.4, -0.2) is 37.2 Å². The molecule has 162 valence electrons. The van der Waals surface area contributed by atoms with Gasteiger partial charge in [0.25, 0.3) is 0 Å². The van der Waals surface area contributed by atoms with Gasteiger partial charge in [-0.05, 0) is 37.6 Å².